The predicted molar refractivity (Wildman–Crippen MR) is 111 cm³/mol. The van der Waals surface area contributed by atoms with Crippen molar-refractivity contribution in [1.29, 1.82) is 0 Å². The van der Waals surface area contributed by atoms with Crippen LogP contribution in [0.15, 0.2) is 42.5 Å². The SMILES string of the molecule is COC(=O)c1ccc(Cl)c(NC(=O)[C@H](C)N(c2ccc(OC)cc2)S(C)(=O)=O)c1. The number of methoxy groups -OCH3 is 2. The number of ether oxygens (including phenoxy) is 2. The van der Waals surface area contributed by atoms with E-state index in [2.05, 4.69) is 10.1 Å². The molecule has 0 aromatic heterocycles. The zero-order valence-electron chi connectivity index (χ0n) is 16.3. The molecule has 2 aromatic carbocycles. The van der Waals surface area contributed by atoms with Crippen LogP contribution in [-0.2, 0) is 19.6 Å². The van der Waals surface area contributed by atoms with Gasteiger partial charge < -0.3 is 14.8 Å². The van der Waals surface area contributed by atoms with Crippen LogP contribution in [0.3, 0.4) is 0 Å². The number of nitrogens with one attached hydrogen (secondary N) is 1. The highest BCUT2D eigenvalue weighted by molar-refractivity contribution is 7.92. The van der Waals surface area contributed by atoms with E-state index in [0.717, 1.165) is 10.6 Å². The van der Waals surface area contributed by atoms with E-state index < -0.39 is 27.9 Å². The van der Waals surface area contributed by atoms with Crippen LogP contribution >= 0.6 is 11.6 Å². The first-order valence-electron chi connectivity index (χ1n) is 8.40. The van der Waals surface area contributed by atoms with Crippen molar-refractivity contribution < 1.29 is 27.5 Å². The minimum atomic E-state index is -3.79. The summed E-state index contributed by atoms with van der Waals surface area (Å²) in [5.41, 5.74) is 0.648. The molecule has 10 heteroatoms. The molecule has 29 heavy (non-hydrogen) atoms. The molecule has 2 aromatic rings. The molecule has 0 unspecified atom stereocenters. The molecule has 0 saturated carbocycles. The van der Waals surface area contributed by atoms with Crippen LogP contribution in [0.1, 0.15) is 17.3 Å². The van der Waals surface area contributed by atoms with Crippen molar-refractivity contribution in [3.8, 4) is 5.75 Å². The van der Waals surface area contributed by atoms with Crippen molar-refractivity contribution in [2.45, 2.75) is 13.0 Å². The topological polar surface area (TPSA) is 102 Å². The number of carbonyl (C=O) groups is 2. The van der Waals surface area contributed by atoms with Crippen LogP contribution < -0.4 is 14.4 Å². The maximum Gasteiger partial charge on any atom is 0.337 e. The van der Waals surface area contributed by atoms with Crippen LogP contribution in [-0.4, -0.2) is 46.8 Å². The molecule has 0 heterocycles. The highest BCUT2D eigenvalue weighted by Gasteiger charge is 2.29. The van der Waals surface area contributed by atoms with Gasteiger partial charge in [-0.1, -0.05) is 11.6 Å². The number of anilines is 2. The molecule has 156 valence electrons. The summed E-state index contributed by atoms with van der Waals surface area (Å²) in [5, 5.41) is 2.75. The minimum Gasteiger partial charge on any atom is -0.497 e. The molecule has 8 nitrogen and oxygen atoms in total. The fourth-order valence-electron chi connectivity index (χ4n) is 2.64. The summed E-state index contributed by atoms with van der Waals surface area (Å²) < 4.78 is 35.4. The molecule has 0 spiro atoms. The van der Waals surface area contributed by atoms with Gasteiger partial charge in [-0.2, -0.15) is 0 Å². The van der Waals surface area contributed by atoms with Gasteiger partial charge in [-0.15, -0.1) is 0 Å². The molecule has 1 amide bonds. The Morgan fingerprint density at radius 1 is 1.10 bits per heavy atom. The molecule has 0 radical (unpaired) electrons. The Bertz CT molecular complexity index is 1010. The third kappa shape index (κ3) is 5.39. The molecule has 0 saturated heterocycles. The van der Waals surface area contributed by atoms with Gasteiger partial charge in [0.2, 0.25) is 15.9 Å². The number of hydrogen-bond acceptors (Lipinski definition) is 6. The Morgan fingerprint density at radius 3 is 2.24 bits per heavy atom. The number of rotatable bonds is 7. The first kappa shape index (κ1) is 22.5. The lowest BCUT2D eigenvalue weighted by Gasteiger charge is -2.28. The maximum atomic E-state index is 12.8. The summed E-state index contributed by atoms with van der Waals surface area (Å²) in [6, 6.07) is 9.40. The molecular weight excluding hydrogens is 420 g/mol. The number of benzene rings is 2. The van der Waals surface area contributed by atoms with Crippen molar-refractivity contribution in [3.63, 3.8) is 0 Å². The van der Waals surface area contributed by atoms with E-state index in [0.29, 0.717) is 11.4 Å². The van der Waals surface area contributed by atoms with Crippen LogP contribution in [0.2, 0.25) is 5.02 Å². The molecule has 1 N–H and O–H groups in total. The number of carbonyl (C=O) groups excluding carboxylic acids is 2. The van der Waals surface area contributed by atoms with Crippen LogP contribution in [0, 0.1) is 0 Å². The summed E-state index contributed by atoms with van der Waals surface area (Å²) >= 11 is 6.10. The van der Waals surface area contributed by atoms with Gasteiger partial charge in [0.15, 0.2) is 0 Å². The highest BCUT2D eigenvalue weighted by atomic mass is 35.5. The number of nitrogens with zero attached hydrogens (tertiary/aromatic N) is 1. The lowest BCUT2D eigenvalue weighted by molar-refractivity contribution is -0.116. The van der Waals surface area contributed by atoms with E-state index in [1.165, 1.54) is 51.5 Å². The Balaban J connectivity index is 2.33. The average Bonchev–Trinajstić information content (AvgIpc) is 2.68. The van der Waals surface area contributed by atoms with Crippen molar-refractivity contribution in [3.05, 3.63) is 53.1 Å². The fourth-order valence-corrected chi connectivity index (χ4v) is 3.98. The average molecular weight is 441 g/mol. The fraction of sp³-hybridized carbons (Fsp3) is 0.263. The van der Waals surface area contributed by atoms with Crippen molar-refractivity contribution in [1.82, 2.24) is 0 Å². The van der Waals surface area contributed by atoms with E-state index >= 15 is 0 Å². The smallest absolute Gasteiger partial charge is 0.337 e. The van der Waals surface area contributed by atoms with Gasteiger partial charge in [0.05, 0.1) is 42.4 Å². The maximum absolute atomic E-state index is 12.8. The number of sulfonamides is 1. The lowest BCUT2D eigenvalue weighted by Crippen LogP contribution is -2.45. The minimum absolute atomic E-state index is 0.162. The Morgan fingerprint density at radius 2 is 1.72 bits per heavy atom. The quantitative estimate of drug-likeness (QED) is 0.664. The number of halogens is 1. The second-order valence-corrected chi connectivity index (χ2v) is 8.37. The van der Waals surface area contributed by atoms with E-state index in [1.54, 1.807) is 12.1 Å². The molecule has 0 aliphatic carbocycles. The number of amides is 1. The molecule has 0 fully saturated rings. The Hall–Kier alpha value is -2.78. The van der Waals surface area contributed by atoms with E-state index in [-0.39, 0.29) is 16.3 Å². The van der Waals surface area contributed by atoms with Gasteiger partial charge in [0, 0.05) is 0 Å². The van der Waals surface area contributed by atoms with Crippen LogP contribution in [0.25, 0.3) is 0 Å². The van der Waals surface area contributed by atoms with Gasteiger partial charge in [-0.05, 0) is 49.4 Å². The Labute approximate surface area is 174 Å². The lowest BCUT2D eigenvalue weighted by atomic mass is 10.2. The first-order chi connectivity index (χ1) is 13.6. The Kier molecular flexibility index (Phi) is 7.10. The van der Waals surface area contributed by atoms with Crippen LogP contribution in [0.5, 0.6) is 5.75 Å². The summed E-state index contributed by atoms with van der Waals surface area (Å²) in [6.45, 7) is 1.44. The van der Waals surface area contributed by atoms with E-state index in [4.69, 9.17) is 16.3 Å². The molecular formula is C19H21ClN2O6S. The zero-order chi connectivity index (χ0) is 21.8. The summed E-state index contributed by atoms with van der Waals surface area (Å²) in [5.74, 6) is -0.679. The highest BCUT2D eigenvalue weighted by Crippen LogP contribution is 2.27. The van der Waals surface area contributed by atoms with Crippen LogP contribution in [0.4, 0.5) is 11.4 Å². The summed E-state index contributed by atoms with van der Waals surface area (Å²) in [4.78, 5) is 24.5. The molecule has 0 aliphatic rings. The monoisotopic (exact) mass is 440 g/mol. The second kappa shape index (κ2) is 9.15. The van der Waals surface area contributed by atoms with E-state index in [9.17, 15) is 18.0 Å². The largest absolute Gasteiger partial charge is 0.497 e. The molecule has 2 rings (SSSR count). The number of esters is 1. The van der Waals surface area contributed by atoms with Crippen molar-refractivity contribution in [2.75, 3.05) is 30.1 Å². The standard InChI is InChI=1S/C19H21ClN2O6S/c1-12(22(29(4,25)26)14-6-8-15(27-2)9-7-14)18(23)21-17-11-13(19(24)28-3)5-10-16(17)20/h5-12H,1-4H3,(H,21,23)/t12-/m0/s1. The van der Waals surface area contributed by atoms with E-state index in [1.807, 2.05) is 0 Å². The van der Waals surface area contributed by atoms with Crippen molar-refractivity contribution >= 4 is 44.9 Å². The number of hydrogen-bond donors (Lipinski definition) is 1. The summed E-state index contributed by atoms with van der Waals surface area (Å²) in [7, 11) is -1.06. The zero-order valence-corrected chi connectivity index (χ0v) is 17.9. The molecule has 1 atom stereocenters. The van der Waals surface area contributed by atoms with Gasteiger partial charge in [0.1, 0.15) is 11.8 Å². The van der Waals surface area contributed by atoms with Gasteiger partial charge in [-0.3, -0.25) is 9.10 Å². The molecule has 0 bridgehead atoms. The summed E-state index contributed by atoms with van der Waals surface area (Å²) in [6.07, 6.45) is 1.01. The van der Waals surface area contributed by atoms with Gasteiger partial charge in [0.25, 0.3) is 0 Å². The second-order valence-electron chi connectivity index (χ2n) is 6.11. The third-order valence-corrected chi connectivity index (χ3v) is 5.63. The predicted octanol–water partition coefficient (Wildman–Crippen LogP) is 2.93. The molecule has 0 aliphatic heterocycles. The first-order valence-corrected chi connectivity index (χ1v) is 10.6. The van der Waals surface area contributed by atoms with Gasteiger partial charge in [-0.25, -0.2) is 13.2 Å². The normalized spacial score (nSPS) is 12.0. The van der Waals surface area contributed by atoms with Crippen molar-refractivity contribution in [2.24, 2.45) is 0 Å². The third-order valence-electron chi connectivity index (χ3n) is 4.06. The van der Waals surface area contributed by atoms with Gasteiger partial charge >= 0.3 is 5.97 Å².